The maximum Gasteiger partial charge on any atom is 0.387 e. The molecule has 0 saturated carbocycles. The predicted octanol–water partition coefficient (Wildman–Crippen LogP) is 3.30. The van der Waals surface area contributed by atoms with Crippen molar-refractivity contribution in [3.63, 3.8) is 0 Å². The van der Waals surface area contributed by atoms with E-state index in [1.54, 1.807) is 0 Å². The summed E-state index contributed by atoms with van der Waals surface area (Å²) in [6.07, 6.45) is 0. The maximum atomic E-state index is 12.5. The molecule has 1 N–H and O–H groups in total. The van der Waals surface area contributed by atoms with Gasteiger partial charge in [0, 0.05) is 43.1 Å². The molecule has 0 radical (unpaired) electrons. The zero-order valence-electron chi connectivity index (χ0n) is 15.8. The molecule has 1 aliphatic heterocycles. The molecule has 150 valence electrons. The predicted molar refractivity (Wildman–Crippen MR) is 104 cm³/mol. The lowest BCUT2D eigenvalue weighted by atomic mass is 10.1. The number of benzene rings is 2. The monoisotopic (exact) mass is 391 g/mol. The van der Waals surface area contributed by atoms with Crippen molar-refractivity contribution in [3.05, 3.63) is 48.0 Å². The number of methoxy groups -OCH3 is 1. The third-order valence-corrected chi connectivity index (χ3v) is 4.64. The summed E-state index contributed by atoms with van der Waals surface area (Å²) in [6.45, 7) is 1.01. The van der Waals surface area contributed by atoms with Crippen LogP contribution in [-0.4, -0.2) is 57.8 Å². The molecule has 1 amide bonds. The van der Waals surface area contributed by atoms with Gasteiger partial charge in [-0.3, -0.25) is 4.79 Å². The second-order valence-electron chi connectivity index (χ2n) is 6.54. The fraction of sp³-hybridized carbons (Fsp3) is 0.350. The molecule has 0 bridgehead atoms. The summed E-state index contributed by atoms with van der Waals surface area (Å²) >= 11 is 0. The Kier molecular flexibility index (Phi) is 6.30. The van der Waals surface area contributed by atoms with Gasteiger partial charge < -0.3 is 24.6 Å². The van der Waals surface area contributed by atoms with E-state index in [0.29, 0.717) is 5.69 Å². The summed E-state index contributed by atoms with van der Waals surface area (Å²) in [7, 11) is 3.43. The van der Waals surface area contributed by atoms with E-state index in [1.165, 1.54) is 25.3 Å². The summed E-state index contributed by atoms with van der Waals surface area (Å²) in [5.41, 5.74) is 2.04. The Morgan fingerprint density at radius 1 is 1.04 bits per heavy atom. The third kappa shape index (κ3) is 4.89. The second-order valence-corrected chi connectivity index (χ2v) is 6.54. The zero-order valence-corrected chi connectivity index (χ0v) is 15.8. The number of rotatable bonds is 6. The smallest absolute Gasteiger partial charge is 0.387 e. The van der Waals surface area contributed by atoms with E-state index >= 15 is 0 Å². The minimum Gasteiger partial charge on any atom is -0.493 e. The molecule has 1 aliphatic rings. The van der Waals surface area contributed by atoms with Gasteiger partial charge in [0.1, 0.15) is 0 Å². The van der Waals surface area contributed by atoms with E-state index in [9.17, 15) is 13.6 Å². The first kappa shape index (κ1) is 19.9. The number of nitrogens with one attached hydrogen (secondary N) is 1. The number of carbonyl (C=O) groups is 1. The van der Waals surface area contributed by atoms with Crippen LogP contribution < -0.4 is 19.7 Å². The zero-order chi connectivity index (χ0) is 20.1. The fourth-order valence-corrected chi connectivity index (χ4v) is 3.03. The maximum absolute atomic E-state index is 12.5. The van der Waals surface area contributed by atoms with Crippen LogP contribution in [0.15, 0.2) is 42.5 Å². The fourth-order valence-electron chi connectivity index (χ4n) is 3.03. The van der Waals surface area contributed by atoms with Crippen molar-refractivity contribution >= 4 is 17.3 Å². The first-order chi connectivity index (χ1) is 13.5. The number of nitrogens with zero attached hydrogens (tertiary/aromatic N) is 2. The van der Waals surface area contributed by atoms with Gasteiger partial charge in [-0.15, -0.1) is 0 Å². The van der Waals surface area contributed by atoms with Crippen molar-refractivity contribution in [2.24, 2.45) is 0 Å². The highest BCUT2D eigenvalue weighted by atomic mass is 19.3. The van der Waals surface area contributed by atoms with Crippen molar-refractivity contribution in [2.45, 2.75) is 6.61 Å². The van der Waals surface area contributed by atoms with Gasteiger partial charge in [0.15, 0.2) is 11.5 Å². The lowest BCUT2D eigenvalue weighted by Gasteiger charge is -2.34. The van der Waals surface area contributed by atoms with Gasteiger partial charge in [0.2, 0.25) is 0 Å². The van der Waals surface area contributed by atoms with Crippen molar-refractivity contribution in [1.82, 2.24) is 4.90 Å². The van der Waals surface area contributed by atoms with E-state index in [0.717, 1.165) is 31.9 Å². The largest absolute Gasteiger partial charge is 0.493 e. The molecule has 8 heteroatoms. The Morgan fingerprint density at radius 2 is 1.71 bits per heavy atom. The number of ether oxygens (including phenoxy) is 2. The first-order valence-electron chi connectivity index (χ1n) is 8.94. The van der Waals surface area contributed by atoms with E-state index in [-0.39, 0.29) is 23.0 Å². The summed E-state index contributed by atoms with van der Waals surface area (Å²) in [5, 5.41) is 2.80. The van der Waals surface area contributed by atoms with E-state index < -0.39 is 6.61 Å². The number of halogens is 2. The quantitative estimate of drug-likeness (QED) is 0.819. The summed E-state index contributed by atoms with van der Waals surface area (Å²) < 4.78 is 34.2. The number of amides is 1. The van der Waals surface area contributed by atoms with E-state index in [4.69, 9.17) is 4.74 Å². The number of hydrogen-bond acceptors (Lipinski definition) is 5. The molecule has 0 aliphatic carbocycles. The molecule has 2 aromatic rings. The van der Waals surface area contributed by atoms with Gasteiger partial charge in [0.05, 0.1) is 7.11 Å². The van der Waals surface area contributed by atoms with Crippen molar-refractivity contribution in [3.8, 4) is 11.5 Å². The highest BCUT2D eigenvalue weighted by Gasteiger charge is 2.16. The van der Waals surface area contributed by atoms with Crippen LogP contribution in [-0.2, 0) is 0 Å². The third-order valence-electron chi connectivity index (χ3n) is 4.64. The molecule has 6 nitrogen and oxygen atoms in total. The molecular weight excluding hydrogens is 368 g/mol. The highest BCUT2D eigenvalue weighted by molar-refractivity contribution is 6.04. The summed E-state index contributed by atoms with van der Waals surface area (Å²) in [4.78, 5) is 17.1. The standard InChI is InChI=1S/C20H23F2N3O3/c1-24-9-11-25(12-10-24)16-6-4-15(5-7-16)23-19(26)14-3-8-17(28-20(21)22)18(13-14)27-2/h3-8,13,20H,9-12H2,1-2H3,(H,23,26). The molecule has 3 rings (SSSR count). The molecule has 0 aromatic heterocycles. The normalized spacial score (nSPS) is 14.8. The van der Waals surface area contributed by atoms with Gasteiger partial charge in [-0.2, -0.15) is 8.78 Å². The molecule has 0 spiro atoms. The first-order valence-corrected chi connectivity index (χ1v) is 8.94. The van der Waals surface area contributed by atoms with Crippen LogP contribution in [0.4, 0.5) is 20.2 Å². The topological polar surface area (TPSA) is 54.0 Å². The van der Waals surface area contributed by atoms with Crippen molar-refractivity contribution in [2.75, 3.05) is 50.6 Å². The number of hydrogen-bond donors (Lipinski definition) is 1. The Bertz CT molecular complexity index is 807. The van der Waals surface area contributed by atoms with Gasteiger partial charge in [-0.1, -0.05) is 0 Å². The average molecular weight is 391 g/mol. The van der Waals surface area contributed by atoms with Crippen LogP contribution in [0.3, 0.4) is 0 Å². The molecule has 0 unspecified atom stereocenters. The molecule has 28 heavy (non-hydrogen) atoms. The van der Waals surface area contributed by atoms with Crippen molar-refractivity contribution in [1.29, 1.82) is 0 Å². The van der Waals surface area contributed by atoms with Gasteiger partial charge >= 0.3 is 6.61 Å². The number of likely N-dealkylation sites (N-methyl/N-ethyl adjacent to an activating group) is 1. The van der Waals surface area contributed by atoms with Gasteiger partial charge in [0.25, 0.3) is 5.91 Å². The summed E-state index contributed by atoms with van der Waals surface area (Å²) in [5.74, 6) is -0.418. The van der Waals surface area contributed by atoms with Crippen LogP contribution in [0.5, 0.6) is 11.5 Å². The minimum absolute atomic E-state index is 0.0679. The van der Waals surface area contributed by atoms with E-state index in [2.05, 4.69) is 26.9 Å². The van der Waals surface area contributed by atoms with Crippen LogP contribution in [0.2, 0.25) is 0 Å². The van der Waals surface area contributed by atoms with Crippen LogP contribution in [0, 0.1) is 0 Å². The molecule has 1 saturated heterocycles. The number of alkyl halides is 2. The molecule has 1 fully saturated rings. The Balaban J connectivity index is 1.66. The Morgan fingerprint density at radius 3 is 2.32 bits per heavy atom. The Hall–Kier alpha value is -2.87. The molecule has 1 heterocycles. The number of carbonyl (C=O) groups excluding carboxylic acids is 1. The van der Waals surface area contributed by atoms with Crippen LogP contribution in [0.1, 0.15) is 10.4 Å². The second kappa shape index (κ2) is 8.88. The number of anilines is 2. The average Bonchev–Trinajstić information content (AvgIpc) is 2.69. The van der Waals surface area contributed by atoms with Crippen LogP contribution in [0.25, 0.3) is 0 Å². The molecule has 0 atom stereocenters. The van der Waals surface area contributed by atoms with E-state index in [1.807, 2.05) is 24.3 Å². The summed E-state index contributed by atoms with van der Waals surface area (Å²) in [6, 6.07) is 11.7. The van der Waals surface area contributed by atoms with Gasteiger partial charge in [-0.05, 0) is 49.5 Å². The van der Waals surface area contributed by atoms with Gasteiger partial charge in [-0.25, -0.2) is 0 Å². The highest BCUT2D eigenvalue weighted by Crippen LogP contribution is 2.30. The molecular formula is C20H23F2N3O3. The minimum atomic E-state index is -2.97. The molecule has 2 aromatic carbocycles. The van der Waals surface area contributed by atoms with Crippen LogP contribution >= 0.6 is 0 Å². The SMILES string of the molecule is COc1cc(C(=O)Nc2ccc(N3CCN(C)CC3)cc2)ccc1OC(F)F. The lowest BCUT2D eigenvalue weighted by Crippen LogP contribution is -2.44. The number of piperazine rings is 1. The Labute approximate surface area is 162 Å². The lowest BCUT2D eigenvalue weighted by molar-refractivity contribution is -0.0512. The van der Waals surface area contributed by atoms with Crippen molar-refractivity contribution < 1.29 is 23.0 Å².